The third-order valence-electron chi connectivity index (χ3n) is 6.17. The van der Waals surface area contributed by atoms with E-state index in [2.05, 4.69) is 18.5 Å². The third kappa shape index (κ3) is 4.17. The Morgan fingerprint density at radius 1 is 1.18 bits per heavy atom. The number of piperidine rings is 1. The number of amides is 1. The Morgan fingerprint density at radius 2 is 1.85 bits per heavy atom. The summed E-state index contributed by atoms with van der Waals surface area (Å²) in [5.74, 6) is 1.41. The molecule has 178 valence electrons. The fourth-order valence-corrected chi connectivity index (χ4v) is 6.66. The highest BCUT2D eigenvalue weighted by atomic mass is 32.2. The molecule has 8 nitrogen and oxygen atoms in total. The van der Waals surface area contributed by atoms with Gasteiger partial charge in [-0.15, -0.1) is 6.58 Å². The average molecular weight is 500 g/mol. The molecular formula is C24H25N3O5S2. The highest BCUT2D eigenvalue weighted by molar-refractivity contribution is 7.89. The Labute approximate surface area is 201 Å². The van der Waals surface area contributed by atoms with E-state index in [-0.39, 0.29) is 11.7 Å². The molecule has 0 unspecified atom stereocenters. The van der Waals surface area contributed by atoms with Gasteiger partial charge in [-0.05, 0) is 43.0 Å². The number of carbonyl (C=O) groups excluding carboxylic acids is 1. The lowest BCUT2D eigenvalue weighted by Gasteiger charge is -2.29. The van der Waals surface area contributed by atoms with Crippen LogP contribution in [0.3, 0.4) is 0 Å². The Balaban J connectivity index is 1.44. The maximum absolute atomic E-state index is 13.0. The first-order chi connectivity index (χ1) is 16.4. The van der Waals surface area contributed by atoms with Gasteiger partial charge in [0.25, 0.3) is 5.91 Å². The van der Waals surface area contributed by atoms with Gasteiger partial charge in [-0.25, -0.2) is 8.42 Å². The number of aromatic nitrogens is 1. The molecule has 1 saturated heterocycles. The van der Waals surface area contributed by atoms with Crippen LogP contribution >= 0.6 is 11.3 Å². The van der Waals surface area contributed by atoms with Crippen LogP contribution in [-0.4, -0.2) is 43.1 Å². The molecule has 0 atom stereocenters. The highest BCUT2D eigenvalue weighted by Crippen LogP contribution is 2.37. The van der Waals surface area contributed by atoms with E-state index in [1.165, 1.54) is 39.9 Å². The number of thiazole rings is 1. The van der Waals surface area contributed by atoms with Crippen molar-refractivity contribution < 1.29 is 22.7 Å². The zero-order valence-electron chi connectivity index (χ0n) is 18.8. The van der Waals surface area contributed by atoms with Gasteiger partial charge >= 0.3 is 0 Å². The summed E-state index contributed by atoms with van der Waals surface area (Å²) in [4.78, 5) is 18.0. The highest BCUT2D eigenvalue weighted by Gasteiger charge is 2.28. The standard InChI is InChI=1S/C24H25N3O5S2/c1-3-10-27-19-13-20-21(32-15-31-20)14-22(19)33-24(27)25-23(28)17-4-6-18(7-5-17)34(29,30)26-11-8-16(2)9-12-26/h3-7,13-14,16H,1,8-12,15H2,2H3. The van der Waals surface area contributed by atoms with Gasteiger partial charge in [-0.3, -0.25) is 4.79 Å². The van der Waals surface area contributed by atoms with Gasteiger partial charge in [0.05, 0.1) is 15.1 Å². The first-order valence-electron chi connectivity index (χ1n) is 11.1. The van der Waals surface area contributed by atoms with Crippen molar-refractivity contribution in [2.75, 3.05) is 19.9 Å². The predicted molar refractivity (Wildman–Crippen MR) is 130 cm³/mol. The summed E-state index contributed by atoms with van der Waals surface area (Å²) < 4.78 is 41.2. The molecule has 1 amide bonds. The van der Waals surface area contributed by atoms with Crippen LogP contribution in [0.25, 0.3) is 10.2 Å². The molecule has 1 aromatic heterocycles. The molecule has 0 aliphatic carbocycles. The van der Waals surface area contributed by atoms with E-state index in [4.69, 9.17) is 9.47 Å². The number of allylic oxidation sites excluding steroid dienone is 1. The van der Waals surface area contributed by atoms with Crippen LogP contribution in [0.4, 0.5) is 0 Å². The van der Waals surface area contributed by atoms with Crippen LogP contribution in [0.2, 0.25) is 0 Å². The number of hydrogen-bond acceptors (Lipinski definition) is 6. The third-order valence-corrected chi connectivity index (χ3v) is 9.12. The van der Waals surface area contributed by atoms with Crippen LogP contribution in [0.15, 0.2) is 58.9 Å². The lowest BCUT2D eigenvalue weighted by Crippen LogP contribution is -2.37. The second-order valence-electron chi connectivity index (χ2n) is 8.49. The van der Waals surface area contributed by atoms with E-state index < -0.39 is 15.9 Å². The van der Waals surface area contributed by atoms with Gasteiger partial charge < -0.3 is 14.0 Å². The van der Waals surface area contributed by atoms with Gasteiger partial charge in [0.2, 0.25) is 16.8 Å². The minimum absolute atomic E-state index is 0.187. The topological polar surface area (TPSA) is 90.2 Å². The van der Waals surface area contributed by atoms with Crippen molar-refractivity contribution in [1.82, 2.24) is 8.87 Å². The minimum Gasteiger partial charge on any atom is -0.454 e. The summed E-state index contributed by atoms with van der Waals surface area (Å²) in [6, 6.07) is 9.77. The molecule has 34 heavy (non-hydrogen) atoms. The zero-order chi connectivity index (χ0) is 23.9. The van der Waals surface area contributed by atoms with Gasteiger partial charge in [0, 0.05) is 37.3 Å². The molecule has 0 spiro atoms. The zero-order valence-corrected chi connectivity index (χ0v) is 20.4. The van der Waals surface area contributed by atoms with Crippen molar-refractivity contribution in [1.29, 1.82) is 0 Å². The molecule has 2 aromatic carbocycles. The normalized spacial score (nSPS) is 17.4. The van der Waals surface area contributed by atoms with Gasteiger partial charge in [-0.1, -0.05) is 24.3 Å². The number of sulfonamides is 1. The number of nitrogens with zero attached hydrogens (tertiary/aromatic N) is 3. The SMILES string of the molecule is C=CCn1c(=NC(=O)c2ccc(S(=O)(=O)N3CCC(C)CC3)cc2)sc2cc3c(cc21)OCO3. The smallest absolute Gasteiger partial charge is 0.279 e. The molecule has 0 N–H and O–H groups in total. The number of benzene rings is 2. The Kier molecular flexibility index (Phi) is 6.05. The van der Waals surface area contributed by atoms with Crippen LogP contribution in [0.5, 0.6) is 11.5 Å². The number of fused-ring (bicyclic) bond motifs is 2. The molecule has 2 aliphatic rings. The van der Waals surface area contributed by atoms with Crippen LogP contribution < -0.4 is 14.3 Å². The van der Waals surface area contributed by atoms with E-state index in [0.717, 1.165) is 23.1 Å². The number of rotatable bonds is 5. The molecule has 0 bridgehead atoms. The largest absolute Gasteiger partial charge is 0.454 e. The summed E-state index contributed by atoms with van der Waals surface area (Å²) in [7, 11) is -3.57. The molecule has 2 aliphatic heterocycles. The first-order valence-corrected chi connectivity index (χ1v) is 13.4. The summed E-state index contributed by atoms with van der Waals surface area (Å²) in [5, 5.41) is 0. The van der Waals surface area contributed by atoms with E-state index in [1.807, 2.05) is 16.7 Å². The van der Waals surface area contributed by atoms with Crippen molar-refractivity contribution >= 4 is 37.5 Å². The minimum atomic E-state index is -3.57. The molecule has 5 rings (SSSR count). The Hall–Kier alpha value is -2.95. The average Bonchev–Trinajstić information content (AvgIpc) is 3.42. The fourth-order valence-electron chi connectivity index (χ4n) is 4.15. The summed E-state index contributed by atoms with van der Waals surface area (Å²) in [6.07, 6.45) is 3.45. The van der Waals surface area contributed by atoms with Gasteiger partial charge in [0.1, 0.15) is 0 Å². The Morgan fingerprint density at radius 3 is 2.53 bits per heavy atom. The number of hydrogen-bond donors (Lipinski definition) is 0. The molecule has 1 fully saturated rings. The van der Waals surface area contributed by atoms with E-state index in [9.17, 15) is 13.2 Å². The second-order valence-corrected chi connectivity index (χ2v) is 11.4. The summed E-state index contributed by atoms with van der Waals surface area (Å²) in [5.41, 5.74) is 1.20. The lowest BCUT2D eigenvalue weighted by molar-refractivity contribution is 0.0997. The monoisotopic (exact) mass is 499 g/mol. The lowest BCUT2D eigenvalue weighted by atomic mass is 10.0. The summed E-state index contributed by atoms with van der Waals surface area (Å²) >= 11 is 1.37. The second kappa shape index (κ2) is 9.01. The first kappa shape index (κ1) is 22.8. The van der Waals surface area contributed by atoms with Crippen molar-refractivity contribution in [3.63, 3.8) is 0 Å². The Bertz CT molecular complexity index is 1430. The quantitative estimate of drug-likeness (QED) is 0.499. The maximum Gasteiger partial charge on any atom is 0.279 e. The fraction of sp³-hybridized carbons (Fsp3) is 0.333. The number of ether oxygens (including phenoxy) is 2. The maximum atomic E-state index is 13.0. The van der Waals surface area contributed by atoms with E-state index in [0.29, 0.717) is 47.4 Å². The molecule has 3 aromatic rings. The van der Waals surface area contributed by atoms with Crippen LogP contribution in [-0.2, 0) is 16.6 Å². The van der Waals surface area contributed by atoms with Crippen molar-refractivity contribution in [2.24, 2.45) is 10.9 Å². The van der Waals surface area contributed by atoms with E-state index >= 15 is 0 Å². The molecule has 0 radical (unpaired) electrons. The molecule has 3 heterocycles. The van der Waals surface area contributed by atoms with Crippen molar-refractivity contribution in [3.8, 4) is 11.5 Å². The van der Waals surface area contributed by atoms with Gasteiger partial charge in [-0.2, -0.15) is 9.30 Å². The van der Waals surface area contributed by atoms with Crippen LogP contribution in [0, 0.1) is 5.92 Å². The van der Waals surface area contributed by atoms with Gasteiger partial charge in [0.15, 0.2) is 16.3 Å². The molecular weight excluding hydrogens is 474 g/mol. The van der Waals surface area contributed by atoms with Crippen LogP contribution in [0.1, 0.15) is 30.1 Å². The molecule has 0 saturated carbocycles. The summed E-state index contributed by atoms with van der Waals surface area (Å²) in [6.45, 7) is 7.65. The number of carbonyl (C=O) groups is 1. The van der Waals surface area contributed by atoms with Crippen molar-refractivity contribution in [3.05, 3.63) is 59.4 Å². The molecule has 10 heteroatoms. The predicted octanol–water partition coefficient (Wildman–Crippen LogP) is 3.78. The van der Waals surface area contributed by atoms with Crippen molar-refractivity contribution in [2.45, 2.75) is 31.2 Å². The van der Waals surface area contributed by atoms with E-state index in [1.54, 1.807) is 6.08 Å².